The first-order valence-corrected chi connectivity index (χ1v) is 5.35. The number of halogens is 1. The minimum absolute atomic E-state index is 0. The van der Waals surface area contributed by atoms with Crippen molar-refractivity contribution >= 4 is 16.3 Å². The van der Waals surface area contributed by atoms with Crippen molar-refractivity contribution in [2.45, 2.75) is 0 Å². The zero-order valence-corrected chi connectivity index (χ0v) is 10.3. The molecule has 0 aliphatic heterocycles. The van der Waals surface area contributed by atoms with E-state index in [9.17, 15) is 0 Å². The van der Waals surface area contributed by atoms with Gasteiger partial charge >= 0.3 is 4.96 Å². The molecule has 2 aromatic heterocycles. The molecule has 0 bridgehead atoms. The molecule has 0 aliphatic carbocycles. The number of thiazole rings is 1. The normalized spacial score (nSPS) is 10.1. The Bertz CT molecular complexity index is 556. The van der Waals surface area contributed by atoms with Crippen LogP contribution in [-0.4, -0.2) is 4.98 Å². The average molecular weight is 281 g/mol. The van der Waals surface area contributed by atoms with Crippen LogP contribution in [-0.2, 0) is 0 Å². The highest BCUT2D eigenvalue weighted by Gasteiger charge is 2.12. The van der Waals surface area contributed by atoms with Crippen LogP contribution in [0.3, 0.4) is 0 Å². The van der Waals surface area contributed by atoms with E-state index in [0.717, 1.165) is 0 Å². The van der Waals surface area contributed by atoms with Gasteiger partial charge in [-0.2, -0.15) is 4.40 Å². The lowest BCUT2D eigenvalue weighted by Crippen LogP contribution is -3.00. The molecule has 0 spiro atoms. The van der Waals surface area contributed by atoms with E-state index in [4.69, 9.17) is 0 Å². The maximum Gasteiger partial charge on any atom is 0.343 e. The first-order chi connectivity index (χ1) is 6.95. The highest BCUT2D eigenvalue weighted by molar-refractivity contribution is 7.14. The molecule has 0 atom stereocenters. The highest BCUT2D eigenvalue weighted by atomic mass is 79.9. The Morgan fingerprint density at radius 3 is 2.73 bits per heavy atom. The minimum atomic E-state index is 0. The molecule has 0 aliphatic rings. The van der Waals surface area contributed by atoms with Crippen molar-refractivity contribution < 1.29 is 21.4 Å². The molecule has 2 heterocycles. The second-order valence-corrected chi connectivity index (χ2v) is 4.01. The van der Waals surface area contributed by atoms with Crippen molar-refractivity contribution in [2.75, 3.05) is 0 Å². The van der Waals surface area contributed by atoms with E-state index in [2.05, 4.69) is 45.2 Å². The zero-order valence-electron chi connectivity index (χ0n) is 7.85. The van der Waals surface area contributed by atoms with E-state index in [1.165, 1.54) is 16.2 Å². The SMILES string of the molecule is [Br-].c1ccc(-c2c[nH]c3scc[n+]23)cc1. The fraction of sp³-hybridized carbons (Fsp3) is 0. The summed E-state index contributed by atoms with van der Waals surface area (Å²) < 4.78 is 2.17. The van der Waals surface area contributed by atoms with E-state index in [1.807, 2.05) is 12.3 Å². The topological polar surface area (TPSA) is 19.9 Å². The van der Waals surface area contributed by atoms with Gasteiger partial charge in [-0.3, -0.25) is 0 Å². The van der Waals surface area contributed by atoms with Gasteiger partial charge in [-0.1, -0.05) is 41.7 Å². The van der Waals surface area contributed by atoms with Crippen LogP contribution >= 0.6 is 11.3 Å². The number of fused-ring (bicyclic) bond motifs is 1. The maximum absolute atomic E-state index is 3.25. The van der Waals surface area contributed by atoms with Gasteiger partial charge in [-0.15, -0.1) is 0 Å². The maximum atomic E-state index is 3.25. The van der Waals surface area contributed by atoms with Gasteiger partial charge in [-0.05, 0) is 0 Å². The standard InChI is InChI=1S/C11H8N2S.BrH/c1-2-4-9(5-3-1)10-8-12-11-13(10)6-7-14-11;/h1-8H;1H. The summed E-state index contributed by atoms with van der Waals surface area (Å²) >= 11 is 1.71. The number of aromatic amines is 1. The quantitative estimate of drug-likeness (QED) is 0.580. The van der Waals surface area contributed by atoms with E-state index in [-0.39, 0.29) is 17.0 Å². The number of rotatable bonds is 1. The van der Waals surface area contributed by atoms with Crippen molar-refractivity contribution in [3.63, 3.8) is 0 Å². The minimum Gasteiger partial charge on any atom is -1.00 e. The van der Waals surface area contributed by atoms with Crippen LogP contribution in [0.25, 0.3) is 16.2 Å². The largest absolute Gasteiger partial charge is 1.00 e. The van der Waals surface area contributed by atoms with Gasteiger partial charge in [0.05, 0.1) is 0 Å². The fourth-order valence-corrected chi connectivity index (χ4v) is 2.32. The second kappa shape index (κ2) is 4.16. The number of H-pyrrole nitrogens is 1. The second-order valence-electron chi connectivity index (χ2n) is 3.12. The van der Waals surface area contributed by atoms with Crippen LogP contribution in [0.2, 0.25) is 0 Å². The number of imidazole rings is 1. The number of benzene rings is 1. The number of hydrogen-bond donors (Lipinski definition) is 1. The number of hydrogen-bond acceptors (Lipinski definition) is 1. The molecule has 0 radical (unpaired) electrons. The molecule has 0 saturated carbocycles. The van der Waals surface area contributed by atoms with E-state index < -0.39 is 0 Å². The van der Waals surface area contributed by atoms with Crippen LogP contribution < -0.4 is 21.4 Å². The monoisotopic (exact) mass is 280 g/mol. The zero-order chi connectivity index (χ0) is 9.38. The van der Waals surface area contributed by atoms with Crippen molar-refractivity contribution in [1.82, 2.24) is 4.98 Å². The molecular weight excluding hydrogens is 272 g/mol. The van der Waals surface area contributed by atoms with E-state index in [0.29, 0.717) is 0 Å². The third-order valence-electron chi connectivity index (χ3n) is 2.27. The smallest absolute Gasteiger partial charge is 0.343 e. The van der Waals surface area contributed by atoms with Crippen LogP contribution in [0.5, 0.6) is 0 Å². The highest BCUT2D eigenvalue weighted by Crippen LogP contribution is 2.16. The van der Waals surface area contributed by atoms with Gasteiger partial charge in [0.25, 0.3) is 0 Å². The Labute approximate surface area is 102 Å². The summed E-state index contributed by atoms with van der Waals surface area (Å²) in [4.78, 5) is 4.42. The number of aromatic nitrogens is 2. The van der Waals surface area contributed by atoms with Crippen LogP contribution in [0.4, 0.5) is 0 Å². The molecule has 0 fully saturated rings. The molecule has 1 N–H and O–H groups in total. The van der Waals surface area contributed by atoms with Crippen LogP contribution in [0.15, 0.2) is 48.1 Å². The summed E-state index contributed by atoms with van der Waals surface area (Å²) in [5.74, 6) is 0. The molecule has 0 unspecified atom stereocenters. The number of nitrogens with zero attached hydrogens (tertiary/aromatic N) is 1. The van der Waals surface area contributed by atoms with Crippen molar-refractivity contribution in [2.24, 2.45) is 0 Å². The molecule has 3 rings (SSSR count). The molecule has 2 nitrogen and oxygen atoms in total. The molecule has 3 aromatic rings. The predicted molar refractivity (Wildman–Crippen MR) is 57.3 cm³/mol. The van der Waals surface area contributed by atoms with Crippen molar-refractivity contribution in [3.8, 4) is 11.3 Å². The Morgan fingerprint density at radius 2 is 1.93 bits per heavy atom. The van der Waals surface area contributed by atoms with Gasteiger partial charge in [0.1, 0.15) is 12.4 Å². The fourth-order valence-electron chi connectivity index (χ4n) is 1.60. The summed E-state index contributed by atoms with van der Waals surface area (Å²) in [6.45, 7) is 0. The lowest BCUT2D eigenvalue weighted by Gasteiger charge is -1.91. The Kier molecular flexibility index (Phi) is 2.88. The Morgan fingerprint density at radius 1 is 1.13 bits per heavy atom. The summed E-state index contributed by atoms with van der Waals surface area (Å²) in [6, 6.07) is 10.4. The van der Waals surface area contributed by atoms with Crippen LogP contribution in [0.1, 0.15) is 0 Å². The van der Waals surface area contributed by atoms with Gasteiger partial charge in [0.15, 0.2) is 5.69 Å². The third kappa shape index (κ3) is 1.70. The van der Waals surface area contributed by atoms with E-state index >= 15 is 0 Å². The van der Waals surface area contributed by atoms with Crippen molar-refractivity contribution in [1.29, 1.82) is 0 Å². The Hall–Kier alpha value is -1.13. The molecule has 76 valence electrons. The van der Waals surface area contributed by atoms with E-state index in [1.54, 1.807) is 11.3 Å². The third-order valence-corrected chi connectivity index (χ3v) is 3.07. The predicted octanol–water partition coefficient (Wildman–Crippen LogP) is -0.514. The van der Waals surface area contributed by atoms with Gasteiger partial charge < -0.3 is 17.0 Å². The number of nitrogens with one attached hydrogen (secondary N) is 1. The lowest BCUT2D eigenvalue weighted by atomic mass is 10.2. The lowest BCUT2D eigenvalue weighted by molar-refractivity contribution is -0.493. The summed E-state index contributed by atoms with van der Waals surface area (Å²) in [6.07, 6.45) is 4.12. The van der Waals surface area contributed by atoms with Gasteiger partial charge in [0, 0.05) is 10.9 Å². The molecule has 0 saturated heterocycles. The molecule has 4 heteroatoms. The molecule has 15 heavy (non-hydrogen) atoms. The average Bonchev–Trinajstić information content (AvgIpc) is 2.79. The first-order valence-electron chi connectivity index (χ1n) is 4.47. The first kappa shape index (κ1) is 10.4. The molecule has 0 amide bonds. The molecule has 1 aromatic carbocycles. The van der Waals surface area contributed by atoms with Gasteiger partial charge in [-0.25, -0.2) is 4.98 Å². The summed E-state index contributed by atoms with van der Waals surface area (Å²) in [5.41, 5.74) is 2.45. The van der Waals surface area contributed by atoms with Crippen molar-refractivity contribution in [3.05, 3.63) is 48.1 Å². The van der Waals surface area contributed by atoms with Crippen LogP contribution in [0, 0.1) is 0 Å². The summed E-state index contributed by atoms with van der Waals surface area (Å²) in [5, 5.41) is 2.08. The summed E-state index contributed by atoms with van der Waals surface area (Å²) in [7, 11) is 0. The van der Waals surface area contributed by atoms with Gasteiger partial charge in [0.2, 0.25) is 0 Å². The Balaban J connectivity index is 0.000000853. The molecular formula is C11H9BrN2S.